The summed E-state index contributed by atoms with van der Waals surface area (Å²) in [6.45, 7) is 5.28. The Morgan fingerprint density at radius 1 is 1.30 bits per heavy atom. The van der Waals surface area contributed by atoms with Crippen molar-refractivity contribution >= 4 is 23.3 Å². The number of nitrogens with one attached hydrogen (secondary N) is 1. The van der Waals surface area contributed by atoms with Crippen molar-refractivity contribution in [2.75, 3.05) is 43.1 Å². The maximum Gasteiger partial charge on any atom is 0.321 e. The van der Waals surface area contributed by atoms with Crippen LogP contribution in [0.15, 0.2) is 24.3 Å². The number of carbonyl (C=O) groups excluding carboxylic acids is 2. The van der Waals surface area contributed by atoms with E-state index in [1.165, 1.54) is 0 Å². The third-order valence-corrected chi connectivity index (χ3v) is 4.24. The molecule has 1 unspecified atom stereocenters. The number of hydrogen-bond donors (Lipinski definition) is 1. The van der Waals surface area contributed by atoms with Gasteiger partial charge in [-0.3, -0.25) is 4.79 Å². The van der Waals surface area contributed by atoms with Gasteiger partial charge in [-0.25, -0.2) is 4.79 Å². The molecule has 1 aromatic rings. The molecule has 0 bridgehead atoms. The number of hydrogen-bond acceptors (Lipinski definition) is 3. The normalized spacial score (nSPS) is 22.1. The standard InChI is InChI=1S/C17H23N3O3/c1-13-11-19(9-10-23-12-13)17(22)18-14-5-2-3-6-15(14)20-8-4-7-16(20)21/h2-3,5-6,13H,4,7-12H2,1H3,(H,18,22). The minimum atomic E-state index is -0.138. The molecular weight excluding hydrogens is 294 g/mol. The summed E-state index contributed by atoms with van der Waals surface area (Å²) in [4.78, 5) is 28.1. The molecule has 2 saturated heterocycles. The molecule has 3 amide bonds. The van der Waals surface area contributed by atoms with Gasteiger partial charge in [0.15, 0.2) is 0 Å². The molecule has 0 aromatic heterocycles. The van der Waals surface area contributed by atoms with Crippen molar-refractivity contribution in [1.29, 1.82) is 0 Å². The summed E-state index contributed by atoms with van der Waals surface area (Å²) in [5.41, 5.74) is 1.47. The minimum Gasteiger partial charge on any atom is -0.379 e. The van der Waals surface area contributed by atoms with Gasteiger partial charge in [0.2, 0.25) is 5.91 Å². The first-order chi connectivity index (χ1) is 11.1. The minimum absolute atomic E-state index is 0.114. The van der Waals surface area contributed by atoms with Crippen LogP contribution in [0.1, 0.15) is 19.8 Å². The first kappa shape index (κ1) is 15.8. The van der Waals surface area contributed by atoms with Gasteiger partial charge in [-0.05, 0) is 24.5 Å². The quantitative estimate of drug-likeness (QED) is 0.910. The maximum atomic E-state index is 12.6. The second kappa shape index (κ2) is 7.00. The van der Waals surface area contributed by atoms with E-state index in [0.29, 0.717) is 50.9 Å². The molecule has 1 atom stereocenters. The SMILES string of the molecule is CC1COCCN(C(=O)Nc2ccccc2N2CCCC2=O)C1. The van der Waals surface area contributed by atoms with Gasteiger partial charge >= 0.3 is 6.03 Å². The zero-order valence-corrected chi connectivity index (χ0v) is 13.5. The van der Waals surface area contributed by atoms with Crippen LogP contribution in [0.5, 0.6) is 0 Å². The van der Waals surface area contributed by atoms with Crippen molar-refractivity contribution in [3.63, 3.8) is 0 Å². The topological polar surface area (TPSA) is 61.9 Å². The largest absolute Gasteiger partial charge is 0.379 e. The number of carbonyl (C=O) groups is 2. The molecule has 1 aromatic carbocycles. The van der Waals surface area contributed by atoms with Crippen LogP contribution in [-0.4, -0.2) is 49.7 Å². The van der Waals surface area contributed by atoms with Gasteiger partial charge in [0.05, 0.1) is 24.6 Å². The molecule has 6 heteroatoms. The van der Waals surface area contributed by atoms with Gasteiger partial charge in [0.25, 0.3) is 0 Å². The molecule has 124 valence electrons. The summed E-state index contributed by atoms with van der Waals surface area (Å²) in [5, 5.41) is 2.96. The molecule has 3 rings (SSSR count). The average Bonchev–Trinajstić information content (AvgIpc) is 2.84. The van der Waals surface area contributed by atoms with E-state index >= 15 is 0 Å². The molecule has 2 aliphatic heterocycles. The Bertz CT molecular complexity index is 590. The number of anilines is 2. The maximum absolute atomic E-state index is 12.6. The number of amides is 3. The molecule has 2 heterocycles. The fourth-order valence-corrected chi connectivity index (χ4v) is 3.08. The zero-order chi connectivity index (χ0) is 16.2. The van der Waals surface area contributed by atoms with Gasteiger partial charge in [-0.2, -0.15) is 0 Å². The molecule has 0 aliphatic carbocycles. The first-order valence-electron chi connectivity index (χ1n) is 8.18. The number of benzene rings is 1. The first-order valence-corrected chi connectivity index (χ1v) is 8.18. The summed E-state index contributed by atoms with van der Waals surface area (Å²) in [6.07, 6.45) is 1.44. The van der Waals surface area contributed by atoms with E-state index < -0.39 is 0 Å². The van der Waals surface area contributed by atoms with E-state index in [1.807, 2.05) is 24.3 Å². The fraction of sp³-hybridized carbons (Fsp3) is 0.529. The second-order valence-corrected chi connectivity index (χ2v) is 6.22. The molecule has 2 fully saturated rings. The number of nitrogens with zero attached hydrogens (tertiary/aromatic N) is 2. The lowest BCUT2D eigenvalue weighted by Crippen LogP contribution is -2.39. The van der Waals surface area contributed by atoms with Crippen molar-refractivity contribution in [3.05, 3.63) is 24.3 Å². The Morgan fingerprint density at radius 3 is 2.91 bits per heavy atom. The summed E-state index contributed by atoms with van der Waals surface area (Å²) < 4.78 is 5.48. The lowest BCUT2D eigenvalue weighted by atomic mass is 10.2. The van der Waals surface area contributed by atoms with Gasteiger partial charge in [-0.1, -0.05) is 19.1 Å². The van der Waals surface area contributed by atoms with Crippen molar-refractivity contribution in [1.82, 2.24) is 4.90 Å². The lowest BCUT2D eigenvalue weighted by molar-refractivity contribution is -0.117. The predicted octanol–water partition coefficient (Wildman–Crippen LogP) is 2.31. The van der Waals surface area contributed by atoms with Gasteiger partial charge < -0.3 is 19.9 Å². The van der Waals surface area contributed by atoms with Crippen LogP contribution in [-0.2, 0) is 9.53 Å². The van der Waals surface area contributed by atoms with E-state index in [2.05, 4.69) is 12.2 Å². The Balaban J connectivity index is 1.74. The lowest BCUT2D eigenvalue weighted by Gasteiger charge is -2.25. The summed E-state index contributed by atoms with van der Waals surface area (Å²) in [6, 6.07) is 7.34. The van der Waals surface area contributed by atoms with Crippen LogP contribution in [0.3, 0.4) is 0 Å². The molecule has 0 radical (unpaired) electrons. The third kappa shape index (κ3) is 3.64. The molecular formula is C17H23N3O3. The summed E-state index contributed by atoms with van der Waals surface area (Å²) >= 11 is 0. The van der Waals surface area contributed by atoms with Crippen LogP contribution >= 0.6 is 0 Å². The predicted molar refractivity (Wildman–Crippen MR) is 88.6 cm³/mol. The van der Waals surface area contributed by atoms with E-state index in [9.17, 15) is 9.59 Å². The van der Waals surface area contributed by atoms with E-state index in [4.69, 9.17) is 4.74 Å². The Labute approximate surface area is 136 Å². The highest BCUT2D eigenvalue weighted by molar-refractivity contribution is 6.01. The number of urea groups is 1. The van der Waals surface area contributed by atoms with E-state index in [0.717, 1.165) is 12.1 Å². The zero-order valence-electron chi connectivity index (χ0n) is 13.5. The molecule has 23 heavy (non-hydrogen) atoms. The van der Waals surface area contributed by atoms with Crippen molar-refractivity contribution < 1.29 is 14.3 Å². The van der Waals surface area contributed by atoms with Gasteiger partial charge in [-0.15, -0.1) is 0 Å². The van der Waals surface area contributed by atoms with Crippen molar-refractivity contribution in [2.24, 2.45) is 5.92 Å². The van der Waals surface area contributed by atoms with Crippen molar-refractivity contribution in [3.8, 4) is 0 Å². The van der Waals surface area contributed by atoms with Gasteiger partial charge in [0.1, 0.15) is 0 Å². The Hall–Kier alpha value is -2.08. The number of para-hydroxylation sites is 2. The average molecular weight is 317 g/mol. The smallest absolute Gasteiger partial charge is 0.321 e. The molecule has 1 N–H and O–H groups in total. The monoisotopic (exact) mass is 317 g/mol. The van der Waals surface area contributed by atoms with Crippen LogP contribution in [0, 0.1) is 5.92 Å². The third-order valence-electron chi connectivity index (χ3n) is 4.24. The van der Waals surface area contributed by atoms with Gasteiger partial charge in [0, 0.05) is 26.1 Å². The molecule has 6 nitrogen and oxygen atoms in total. The molecule has 0 spiro atoms. The summed E-state index contributed by atoms with van der Waals surface area (Å²) in [5.74, 6) is 0.433. The number of rotatable bonds is 2. The fourth-order valence-electron chi connectivity index (χ4n) is 3.08. The molecule has 2 aliphatic rings. The van der Waals surface area contributed by atoms with E-state index in [-0.39, 0.29) is 11.9 Å². The highest BCUT2D eigenvalue weighted by Gasteiger charge is 2.25. The second-order valence-electron chi connectivity index (χ2n) is 6.22. The highest BCUT2D eigenvalue weighted by atomic mass is 16.5. The van der Waals surface area contributed by atoms with Crippen molar-refractivity contribution in [2.45, 2.75) is 19.8 Å². The number of ether oxygens (including phenoxy) is 1. The summed E-state index contributed by atoms with van der Waals surface area (Å²) in [7, 11) is 0. The molecule has 0 saturated carbocycles. The highest BCUT2D eigenvalue weighted by Crippen LogP contribution is 2.29. The van der Waals surface area contributed by atoms with Crippen LogP contribution < -0.4 is 10.2 Å². The Morgan fingerprint density at radius 2 is 2.13 bits per heavy atom. The van der Waals surface area contributed by atoms with Crippen LogP contribution in [0.4, 0.5) is 16.2 Å². The van der Waals surface area contributed by atoms with Crippen LogP contribution in [0.25, 0.3) is 0 Å². The Kier molecular flexibility index (Phi) is 4.81. The van der Waals surface area contributed by atoms with Crippen LogP contribution in [0.2, 0.25) is 0 Å². The van der Waals surface area contributed by atoms with E-state index in [1.54, 1.807) is 9.80 Å².